The van der Waals surface area contributed by atoms with Crippen molar-refractivity contribution < 1.29 is 0 Å². The van der Waals surface area contributed by atoms with Crippen LogP contribution in [0.25, 0.3) is 33.2 Å². The van der Waals surface area contributed by atoms with Crippen LogP contribution >= 0.6 is 0 Å². The van der Waals surface area contributed by atoms with Crippen LogP contribution in [0.5, 0.6) is 0 Å². The predicted molar refractivity (Wildman–Crippen MR) is 100 cm³/mol. The number of benzene rings is 3. The smallest absolute Gasteiger partial charge is 0.256 e. The van der Waals surface area contributed by atoms with Gasteiger partial charge in [-0.3, -0.25) is 4.79 Å². The summed E-state index contributed by atoms with van der Waals surface area (Å²) < 4.78 is 0. The molecule has 4 rings (SSSR count). The molecule has 118 valence electrons. The lowest BCUT2D eigenvalue weighted by Crippen LogP contribution is -2.09. The summed E-state index contributed by atoms with van der Waals surface area (Å²) in [4.78, 5) is 15.7. The molecule has 0 saturated heterocycles. The quantitative estimate of drug-likeness (QED) is 0.580. The van der Waals surface area contributed by atoms with Gasteiger partial charge < -0.3 is 4.98 Å². The molecule has 0 fully saturated rings. The molecular formula is C22H14N2O. The normalized spacial score (nSPS) is 10.5. The van der Waals surface area contributed by atoms with Crippen molar-refractivity contribution in [2.45, 2.75) is 0 Å². The van der Waals surface area contributed by atoms with Crippen LogP contribution in [0.2, 0.25) is 0 Å². The summed E-state index contributed by atoms with van der Waals surface area (Å²) in [5.74, 6) is 0. The van der Waals surface area contributed by atoms with Gasteiger partial charge in [0.15, 0.2) is 0 Å². The van der Waals surface area contributed by atoms with Gasteiger partial charge in [0.05, 0.1) is 17.3 Å². The van der Waals surface area contributed by atoms with E-state index in [-0.39, 0.29) is 5.56 Å². The molecule has 1 heterocycles. The van der Waals surface area contributed by atoms with Gasteiger partial charge in [0.2, 0.25) is 0 Å². The molecule has 25 heavy (non-hydrogen) atoms. The maximum atomic E-state index is 12.6. The summed E-state index contributed by atoms with van der Waals surface area (Å²) in [5, 5.41) is 10.6. The van der Waals surface area contributed by atoms with E-state index in [1.54, 1.807) is 18.2 Å². The predicted octanol–water partition coefficient (Wildman–Crippen LogP) is 4.73. The van der Waals surface area contributed by atoms with Crippen LogP contribution in [0.3, 0.4) is 0 Å². The molecule has 0 atom stereocenters. The van der Waals surface area contributed by atoms with E-state index in [2.05, 4.69) is 11.1 Å². The van der Waals surface area contributed by atoms with Crippen molar-refractivity contribution in [3.63, 3.8) is 0 Å². The molecule has 0 bridgehead atoms. The van der Waals surface area contributed by atoms with Gasteiger partial charge >= 0.3 is 0 Å². The molecule has 0 saturated carbocycles. The summed E-state index contributed by atoms with van der Waals surface area (Å²) in [6.07, 6.45) is 0. The summed E-state index contributed by atoms with van der Waals surface area (Å²) in [7, 11) is 0. The average Bonchev–Trinajstić information content (AvgIpc) is 2.68. The monoisotopic (exact) mass is 322 g/mol. The number of nitrogens with zero attached hydrogens (tertiary/aromatic N) is 1. The van der Waals surface area contributed by atoms with E-state index in [0.29, 0.717) is 10.9 Å². The number of nitriles is 1. The second-order valence-corrected chi connectivity index (χ2v) is 5.81. The van der Waals surface area contributed by atoms with Gasteiger partial charge in [0.25, 0.3) is 5.56 Å². The Bertz CT molecular complexity index is 1150. The van der Waals surface area contributed by atoms with Crippen LogP contribution in [-0.2, 0) is 0 Å². The summed E-state index contributed by atoms with van der Waals surface area (Å²) in [5.41, 5.74) is 4.01. The van der Waals surface area contributed by atoms with Crippen molar-refractivity contribution in [1.82, 2.24) is 4.98 Å². The number of pyridine rings is 1. The summed E-state index contributed by atoms with van der Waals surface area (Å²) in [6, 6.07) is 27.0. The molecule has 4 aromatic rings. The fourth-order valence-electron chi connectivity index (χ4n) is 3.12. The standard InChI is InChI=1S/C22H14N2O/c23-14-15-11-12-18-19(13-15)20(16-7-3-1-4-8-16)21(24-22(18)25)17-9-5-2-6-10-17/h1-13H,(H,24,25). The largest absolute Gasteiger partial charge is 0.321 e. The van der Waals surface area contributed by atoms with Gasteiger partial charge in [-0.2, -0.15) is 5.26 Å². The molecule has 3 aromatic carbocycles. The Hall–Kier alpha value is -3.64. The van der Waals surface area contributed by atoms with Crippen molar-refractivity contribution in [1.29, 1.82) is 5.26 Å². The van der Waals surface area contributed by atoms with Gasteiger partial charge in [-0.15, -0.1) is 0 Å². The topological polar surface area (TPSA) is 56.6 Å². The molecular weight excluding hydrogens is 308 g/mol. The Morgan fingerprint density at radius 2 is 1.40 bits per heavy atom. The highest BCUT2D eigenvalue weighted by Gasteiger charge is 2.15. The van der Waals surface area contributed by atoms with Crippen LogP contribution in [-0.4, -0.2) is 4.98 Å². The zero-order valence-corrected chi connectivity index (χ0v) is 13.4. The van der Waals surface area contributed by atoms with Gasteiger partial charge in [-0.25, -0.2) is 0 Å². The van der Waals surface area contributed by atoms with Crippen molar-refractivity contribution in [2.24, 2.45) is 0 Å². The third-order valence-corrected chi connectivity index (χ3v) is 4.28. The first-order chi connectivity index (χ1) is 12.3. The van der Waals surface area contributed by atoms with E-state index in [1.165, 1.54) is 0 Å². The van der Waals surface area contributed by atoms with E-state index in [0.717, 1.165) is 27.8 Å². The number of aromatic amines is 1. The maximum absolute atomic E-state index is 12.6. The highest BCUT2D eigenvalue weighted by Crippen LogP contribution is 2.35. The first-order valence-electron chi connectivity index (χ1n) is 7.99. The Kier molecular flexibility index (Phi) is 3.64. The van der Waals surface area contributed by atoms with E-state index in [9.17, 15) is 10.1 Å². The zero-order valence-electron chi connectivity index (χ0n) is 13.4. The Labute approximate surface area is 144 Å². The van der Waals surface area contributed by atoms with E-state index < -0.39 is 0 Å². The lowest BCUT2D eigenvalue weighted by atomic mass is 9.93. The number of hydrogen-bond acceptors (Lipinski definition) is 2. The lowest BCUT2D eigenvalue weighted by Gasteiger charge is -2.14. The van der Waals surface area contributed by atoms with Crippen molar-refractivity contribution in [3.05, 3.63) is 94.8 Å². The minimum Gasteiger partial charge on any atom is -0.321 e. The molecule has 0 spiro atoms. The summed E-state index contributed by atoms with van der Waals surface area (Å²) >= 11 is 0. The van der Waals surface area contributed by atoms with Crippen LogP contribution in [0.15, 0.2) is 83.7 Å². The molecule has 3 heteroatoms. The molecule has 0 aliphatic carbocycles. The Balaban J connectivity index is 2.18. The third-order valence-electron chi connectivity index (χ3n) is 4.28. The fourth-order valence-corrected chi connectivity index (χ4v) is 3.12. The van der Waals surface area contributed by atoms with Gasteiger partial charge in [0.1, 0.15) is 0 Å². The van der Waals surface area contributed by atoms with Gasteiger partial charge in [0, 0.05) is 10.9 Å². The van der Waals surface area contributed by atoms with E-state index >= 15 is 0 Å². The molecule has 0 amide bonds. The number of fused-ring (bicyclic) bond motifs is 1. The molecule has 0 unspecified atom stereocenters. The van der Waals surface area contributed by atoms with Crippen molar-refractivity contribution >= 4 is 10.8 Å². The van der Waals surface area contributed by atoms with Gasteiger partial charge in [-0.05, 0) is 34.7 Å². The average molecular weight is 322 g/mol. The molecule has 0 aliphatic heterocycles. The minimum atomic E-state index is -0.155. The third kappa shape index (κ3) is 2.60. The second kappa shape index (κ2) is 6.10. The lowest BCUT2D eigenvalue weighted by molar-refractivity contribution is 1.28. The second-order valence-electron chi connectivity index (χ2n) is 5.81. The first-order valence-corrected chi connectivity index (χ1v) is 7.99. The van der Waals surface area contributed by atoms with Gasteiger partial charge in [-0.1, -0.05) is 60.7 Å². The number of H-pyrrole nitrogens is 1. The van der Waals surface area contributed by atoms with Crippen LogP contribution in [0.1, 0.15) is 5.56 Å². The van der Waals surface area contributed by atoms with Crippen molar-refractivity contribution in [2.75, 3.05) is 0 Å². The number of aromatic nitrogens is 1. The fraction of sp³-hybridized carbons (Fsp3) is 0. The molecule has 1 N–H and O–H groups in total. The number of nitrogens with one attached hydrogen (secondary N) is 1. The highest BCUT2D eigenvalue weighted by molar-refractivity contribution is 6.02. The van der Waals surface area contributed by atoms with E-state index in [1.807, 2.05) is 60.7 Å². The maximum Gasteiger partial charge on any atom is 0.256 e. The molecule has 1 aromatic heterocycles. The van der Waals surface area contributed by atoms with Crippen LogP contribution in [0, 0.1) is 11.3 Å². The van der Waals surface area contributed by atoms with Crippen molar-refractivity contribution in [3.8, 4) is 28.5 Å². The highest BCUT2D eigenvalue weighted by atomic mass is 16.1. The number of hydrogen-bond donors (Lipinski definition) is 1. The molecule has 3 nitrogen and oxygen atoms in total. The molecule has 0 aliphatic rings. The van der Waals surface area contributed by atoms with Crippen LogP contribution in [0.4, 0.5) is 0 Å². The SMILES string of the molecule is N#Cc1ccc2c(=O)[nH]c(-c3ccccc3)c(-c3ccccc3)c2c1. The number of rotatable bonds is 2. The Morgan fingerprint density at radius 1 is 0.760 bits per heavy atom. The molecule has 0 radical (unpaired) electrons. The zero-order chi connectivity index (χ0) is 17.2. The minimum absolute atomic E-state index is 0.155. The Morgan fingerprint density at radius 3 is 2.04 bits per heavy atom. The van der Waals surface area contributed by atoms with Crippen LogP contribution < -0.4 is 5.56 Å². The summed E-state index contributed by atoms with van der Waals surface area (Å²) in [6.45, 7) is 0. The first kappa shape index (κ1) is 14.9. The van der Waals surface area contributed by atoms with E-state index in [4.69, 9.17) is 0 Å².